The molecule has 0 aliphatic heterocycles. The van der Waals surface area contributed by atoms with Gasteiger partial charge in [-0.25, -0.2) is 0 Å². The zero-order chi connectivity index (χ0) is 6.24. The van der Waals surface area contributed by atoms with Crippen LogP contribution >= 0.6 is 11.6 Å². The molecule has 47 valence electrons. The molecular weight excluding hydrogens is 124 g/mol. The third kappa shape index (κ3) is 5.99. The van der Waals surface area contributed by atoms with Gasteiger partial charge in [0.25, 0.3) is 0 Å². The Morgan fingerprint density at radius 2 is 2.38 bits per heavy atom. The molecule has 0 aliphatic rings. The monoisotopic (exact) mass is 133 g/mol. The molecule has 0 aromatic carbocycles. The number of halogens is 1. The number of hydrogen-bond acceptors (Lipinski definition) is 1. The van der Waals surface area contributed by atoms with Crippen molar-refractivity contribution in [2.45, 2.75) is 6.42 Å². The molecule has 0 heterocycles. The second-order valence-corrected chi connectivity index (χ2v) is 1.59. The van der Waals surface area contributed by atoms with E-state index in [-0.39, 0.29) is 0 Å². The lowest BCUT2D eigenvalue weighted by molar-refractivity contribution is 0.222. The number of allylic oxidation sites excluding steroid dienone is 1. The van der Waals surface area contributed by atoms with Gasteiger partial charge in [-0.3, -0.25) is 0 Å². The van der Waals surface area contributed by atoms with Gasteiger partial charge in [-0.15, -0.1) is 0 Å². The van der Waals surface area contributed by atoms with Gasteiger partial charge >= 0.3 is 0 Å². The largest absolute Gasteiger partial charge is 0.384 e. The fourth-order valence-electron chi connectivity index (χ4n) is 0.334. The van der Waals surface area contributed by atoms with Crippen LogP contribution in [0.2, 0.25) is 0 Å². The summed E-state index contributed by atoms with van der Waals surface area (Å²) in [5, 5.41) is 0. The Hall–Kier alpha value is -0.0100. The highest BCUT2D eigenvalue weighted by Crippen LogP contribution is 1.90. The SMILES string of the molecule is COC[CH]CC=CCl. The minimum Gasteiger partial charge on any atom is -0.384 e. The molecule has 0 N–H and O–H groups in total. The zero-order valence-electron chi connectivity index (χ0n) is 4.93. The minimum absolute atomic E-state index is 0.696. The summed E-state index contributed by atoms with van der Waals surface area (Å²) in [5.41, 5.74) is 1.51. The molecule has 0 amide bonds. The normalized spacial score (nSPS) is 10.8. The van der Waals surface area contributed by atoms with E-state index in [1.54, 1.807) is 7.11 Å². The first kappa shape index (κ1) is 7.99. The van der Waals surface area contributed by atoms with Crippen molar-refractivity contribution >= 4 is 11.6 Å². The van der Waals surface area contributed by atoms with Crippen molar-refractivity contribution < 1.29 is 4.74 Å². The van der Waals surface area contributed by atoms with Crippen molar-refractivity contribution in [3.8, 4) is 0 Å². The van der Waals surface area contributed by atoms with Crippen molar-refractivity contribution in [3.63, 3.8) is 0 Å². The number of unbranched alkanes of at least 4 members (excludes halogenated alkanes) is 1. The molecule has 0 saturated carbocycles. The van der Waals surface area contributed by atoms with E-state index in [1.165, 1.54) is 5.54 Å². The Morgan fingerprint density at radius 1 is 1.62 bits per heavy atom. The highest BCUT2D eigenvalue weighted by molar-refractivity contribution is 6.25. The molecular formula is C6H10ClO. The maximum atomic E-state index is 5.24. The van der Waals surface area contributed by atoms with Crippen LogP contribution in [0.25, 0.3) is 0 Å². The quantitative estimate of drug-likeness (QED) is 0.533. The first-order valence-corrected chi connectivity index (χ1v) is 2.91. The van der Waals surface area contributed by atoms with Crippen LogP contribution in [0.5, 0.6) is 0 Å². The Bertz CT molecular complexity index is 61.5. The van der Waals surface area contributed by atoms with Crippen molar-refractivity contribution in [1.82, 2.24) is 0 Å². The lowest BCUT2D eigenvalue weighted by Gasteiger charge is -1.90. The van der Waals surface area contributed by atoms with Crippen LogP contribution in [0.4, 0.5) is 0 Å². The van der Waals surface area contributed by atoms with E-state index in [1.807, 2.05) is 12.5 Å². The smallest absolute Gasteiger partial charge is 0.0497 e. The van der Waals surface area contributed by atoms with Gasteiger partial charge in [0, 0.05) is 19.3 Å². The Balaban J connectivity index is 2.72. The molecule has 0 bridgehead atoms. The van der Waals surface area contributed by atoms with Crippen LogP contribution in [0.15, 0.2) is 11.6 Å². The highest BCUT2D eigenvalue weighted by Gasteiger charge is 1.79. The standard InChI is InChI=1S/C6H10ClO/c1-8-6-4-2-3-5-7/h3-5H,2,6H2,1H3. The van der Waals surface area contributed by atoms with Crippen LogP contribution in [0.3, 0.4) is 0 Å². The molecule has 1 radical (unpaired) electrons. The lowest BCUT2D eigenvalue weighted by Crippen LogP contribution is -1.86. The Kier molecular flexibility index (Phi) is 6.98. The van der Waals surface area contributed by atoms with E-state index in [2.05, 4.69) is 0 Å². The molecule has 0 aromatic heterocycles. The van der Waals surface area contributed by atoms with Gasteiger partial charge < -0.3 is 4.74 Å². The molecule has 0 rings (SSSR count). The summed E-state index contributed by atoms with van der Waals surface area (Å²) in [6.07, 6.45) is 4.75. The third-order valence-electron chi connectivity index (χ3n) is 0.676. The second kappa shape index (κ2) is 6.99. The summed E-state index contributed by atoms with van der Waals surface area (Å²) in [6, 6.07) is 0. The summed E-state index contributed by atoms with van der Waals surface area (Å²) in [7, 11) is 1.67. The fourth-order valence-corrected chi connectivity index (χ4v) is 0.436. The number of hydrogen-bond donors (Lipinski definition) is 0. The van der Waals surface area contributed by atoms with Crippen molar-refractivity contribution in [2.24, 2.45) is 0 Å². The molecule has 2 heteroatoms. The summed E-state index contributed by atoms with van der Waals surface area (Å²) in [5.74, 6) is 0. The van der Waals surface area contributed by atoms with Crippen LogP contribution in [0.1, 0.15) is 6.42 Å². The first-order valence-electron chi connectivity index (χ1n) is 2.47. The van der Waals surface area contributed by atoms with Gasteiger partial charge in [-0.1, -0.05) is 17.7 Å². The molecule has 1 nitrogen and oxygen atoms in total. The molecule has 0 spiro atoms. The molecule has 0 atom stereocenters. The van der Waals surface area contributed by atoms with Crippen LogP contribution in [0, 0.1) is 6.42 Å². The molecule has 8 heavy (non-hydrogen) atoms. The van der Waals surface area contributed by atoms with Crippen LogP contribution in [-0.2, 0) is 4.74 Å². The van der Waals surface area contributed by atoms with Crippen LogP contribution in [-0.4, -0.2) is 13.7 Å². The van der Waals surface area contributed by atoms with E-state index >= 15 is 0 Å². The van der Waals surface area contributed by atoms with E-state index in [4.69, 9.17) is 16.3 Å². The molecule has 0 aromatic rings. The lowest BCUT2D eigenvalue weighted by atomic mass is 10.3. The molecule has 0 aliphatic carbocycles. The molecule has 0 saturated heterocycles. The molecule has 0 fully saturated rings. The topological polar surface area (TPSA) is 9.23 Å². The summed E-state index contributed by atoms with van der Waals surface area (Å²) in [4.78, 5) is 0. The Labute approximate surface area is 55.3 Å². The predicted octanol–water partition coefficient (Wildman–Crippen LogP) is 1.98. The number of rotatable bonds is 4. The van der Waals surface area contributed by atoms with Gasteiger partial charge in [0.2, 0.25) is 0 Å². The average molecular weight is 134 g/mol. The summed E-state index contributed by atoms with van der Waals surface area (Å²) in [6.45, 7) is 0.696. The van der Waals surface area contributed by atoms with Gasteiger partial charge in [-0.05, 0) is 12.8 Å². The number of methoxy groups -OCH3 is 1. The Morgan fingerprint density at radius 3 is 2.88 bits per heavy atom. The fraction of sp³-hybridized carbons (Fsp3) is 0.500. The van der Waals surface area contributed by atoms with Crippen molar-refractivity contribution in [3.05, 3.63) is 18.0 Å². The van der Waals surface area contributed by atoms with Gasteiger partial charge in [-0.2, -0.15) is 0 Å². The number of ether oxygens (including phenoxy) is 1. The van der Waals surface area contributed by atoms with E-state index in [0.717, 1.165) is 6.42 Å². The van der Waals surface area contributed by atoms with Gasteiger partial charge in [0.15, 0.2) is 0 Å². The predicted molar refractivity (Wildman–Crippen MR) is 35.8 cm³/mol. The highest BCUT2D eigenvalue weighted by atomic mass is 35.5. The maximum Gasteiger partial charge on any atom is 0.0497 e. The average Bonchev–Trinajstić information content (AvgIpc) is 1.81. The van der Waals surface area contributed by atoms with Crippen LogP contribution < -0.4 is 0 Å². The van der Waals surface area contributed by atoms with Crippen molar-refractivity contribution in [2.75, 3.05) is 13.7 Å². The molecule has 0 unspecified atom stereocenters. The summed E-state index contributed by atoms with van der Waals surface area (Å²) >= 11 is 5.24. The van der Waals surface area contributed by atoms with E-state index in [9.17, 15) is 0 Å². The summed E-state index contributed by atoms with van der Waals surface area (Å²) < 4.78 is 4.76. The van der Waals surface area contributed by atoms with E-state index < -0.39 is 0 Å². The zero-order valence-corrected chi connectivity index (χ0v) is 5.69. The minimum atomic E-state index is 0.696. The van der Waals surface area contributed by atoms with Gasteiger partial charge in [0.05, 0.1) is 0 Å². The van der Waals surface area contributed by atoms with E-state index in [0.29, 0.717) is 6.61 Å². The second-order valence-electron chi connectivity index (χ2n) is 1.34. The maximum absolute atomic E-state index is 5.24. The van der Waals surface area contributed by atoms with Gasteiger partial charge in [0.1, 0.15) is 0 Å². The van der Waals surface area contributed by atoms with Crippen molar-refractivity contribution in [1.29, 1.82) is 0 Å². The third-order valence-corrected chi connectivity index (χ3v) is 0.855. The first-order chi connectivity index (χ1) is 3.91.